The lowest BCUT2D eigenvalue weighted by Crippen LogP contribution is -2.45. The van der Waals surface area contributed by atoms with Crippen molar-refractivity contribution in [2.75, 3.05) is 32.0 Å². The second-order valence-corrected chi connectivity index (χ2v) is 9.38. The van der Waals surface area contributed by atoms with Crippen LogP contribution in [0.15, 0.2) is 29.2 Å². The molecule has 9 heteroatoms. The monoisotopic (exact) mass is 410 g/mol. The number of anilines is 1. The van der Waals surface area contributed by atoms with E-state index in [9.17, 15) is 18.0 Å². The molecule has 2 amide bonds. The van der Waals surface area contributed by atoms with E-state index in [2.05, 4.69) is 10.6 Å². The maximum atomic E-state index is 12.5. The maximum absolute atomic E-state index is 12.5. The van der Waals surface area contributed by atoms with Gasteiger partial charge >= 0.3 is 0 Å². The Morgan fingerprint density at radius 3 is 2.21 bits per heavy atom. The molecule has 0 aliphatic carbocycles. The van der Waals surface area contributed by atoms with Crippen LogP contribution in [0.4, 0.5) is 5.69 Å². The zero-order valence-electron chi connectivity index (χ0n) is 16.9. The Bertz CT molecular complexity index is 787. The largest absolute Gasteiger partial charge is 0.353 e. The van der Waals surface area contributed by atoms with Crippen LogP contribution in [0.3, 0.4) is 0 Å². The lowest BCUT2D eigenvalue weighted by Gasteiger charge is -2.24. The minimum atomic E-state index is -3.47. The average Bonchev–Trinajstić information content (AvgIpc) is 3.16. The first-order valence-electron chi connectivity index (χ1n) is 9.52. The summed E-state index contributed by atoms with van der Waals surface area (Å²) in [5, 5.41) is 5.55. The average molecular weight is 411 g/mol. The van der Waals surface area contributed by atoms with Gasteiger partial charge < -0.3 is 10.6 Å². The minimum absolute atomic E-state index is 0.0420. The van der Waals surface area contributed by atoms with E-state index in [0.29, 0.717) is 18.8 Å². The molecular formula is C19H30N4O4S. The topological polar surface area (TPSA) is 98.8 Å². The summed E-state index contributed by atoms with van der Waals surface area (Å²) in [6.07, 6.45) is 1.77. The molecule has 0 aromatic heterocycles. The lowest BCUT2D eigenvalue weighted by atomic mass is 10.2. The molecule has 1 heterocycles. The quantitative estimate of drug-likeness (QED) is 0.672. The van der Waals surface area contributed by atoms with Crippen LogP contribution in [0, 0.1) is 0 Å². The molecule has 1 fully saturated rings. The van der Waals surface area contributed by atoms with E-state index in [-0.39, 0.29) is 29.3 Å². The number of benzene rings is 1. The molecular weight excluding hydrogens is 380 g/mol. The second-order valence-electron chi connectivity index (χ2n) is 7.44. The molecule has 28 heavy (non-hydrogen) atoms. The Labute approximate surface area is 167 Å². The zero-order chi connectivity index (χ0) is 20.9. The summed E-state index contributed by atoms with van der Waals surface area (Å²) in [7, 11) is -1.77. The number of rotatable bonds is 8. The van der Waals surface area contributed by atoms with Crippen molar-refractivity contribution in [3.63, 3.8) is 0 Å². The van der Waals surface area contributed by atoms with Crippen molar-refractivity contribution in [2.24, 2.45) is 0 Å². The molecule has 1 aliphatic heterocycles. The molecule has 0 unspecified atom stereocenters. The lowest BCUT2D eigenvalue weighted by molar-refractivity contribution is -0.125. The fraction of sp³-hybridized carbons (Fsp3) is 0.579. The predicted octanol–water partition coefficient (Wildman–Crippen LogP) is 1.25. The van der Waals surface area contributed by atoms with Crippen molar-refractivity contribution in [3.8, 4) is 0 Å². The van der Waals surface area contributed by atoms with Crippen LogP contribution in [-0.4, -0.2) is 68.2 Å². The fourth-order valence-corrected chi connectivity index (χ4v) is 4.48. The zero-order valence-corrected chi connectivity index (χ0v) is 17.8. The van der Waals surface area contributed by atoms with E-state index in [4.69, 9.17) is 0 Å². The summed E-state index contributed by atoms with van der Waals surface area (Å²) in [5.74, 6) is -0.413. The molecule has 0 saturated carbocycles. The van der Waals surface area contributed by atoms with E-state index in [1.807, 2.05) is 13.8 Å². The van der Waals surface area contributed by atoms with Crippen LogP contribution < -0.4 is 10.6 Å². The summed E-state index contributed by atoms with van der Waals surface area (Å²) in [5.41, 5.74) is 0.511. The number of amides is 2. The summed E-state index contributed by atoms with van der Waals surface area (Å²) >= 11 is 0. The molecule has 0 radical (unpaired) electrons. The number of hydrogen-bond donors (Lipinski definition) is 2. The first-order chi connectivity index (χ1) is 13.1. The van der Waals surface area contributed by atoms with Gasteiger partial charge in [0.1, 0.15) is 0 Å². The number of nitrogens with one attached hydrogen (secondary N) is 2. The molecule has 0 spiro atoms. The Hall–Kier alpha value is -1.97. The van der Waals surface area contributed by atoms with Crippen LogP contribution in [-0.2, 0) is 19.6 Å². The molecule has 1 aromatic rings. The number of hydrogen-bond acceptors (Lipinski definition) is 5. The number of sulfonamides is 1. The van der Waals surface area contributed by atoms with Gasteiger partial charge in [-0.2, -0.15) is 4.31 Å². The molecule has 1 atom stereocenters. The number of likely N-dealkylation sites (N-methyl/N-ethyl adjacent to an activating group) is 1. The summed E-state index contributed by atoms with van der Waals surface area (Å²) in [6.45, 7) is 6.68. The van der Waals surface area contributed by atoms with Crippen LogP contribution in [0.2, 0.25) is 0 Å². The Morgan fingerprint density at radius 1 is 1.11 bits per heavy atom. The van der Waals surface area contributed by atoms with Gasteiger partial charge in [-0.15, -0.1) is 0 Å². The van der Waals surface area contributed by atoms with Gasteiger partial charge in [-0.1, -0.05) is 0 Å². The highest BCUT2D eigenvalue weighted by Gasteiger charge is 2.27. The number of carbonyl (C=O) groups excluding carboxylic acids is 2. The van der Waals surface area contributed by atoms with Gasteiger partial charge in [-0.3, -0.25) is 14.5 Å². The van der Waals surface area contributed by atoms with Crippen LogP contribution in [0.5, 0.6) is 0 Å². The second kappa shape index (κ2) is 9.49. The maximum Gasteiger partial charge on any atom is 0.243 e. The molecule has 1 aliphatic rings. The van der Waals surface area contributed by atoms with E-state index in [1.54, 1.807) is 31.0 Å². The SMILES string of the molecule is CC(C)NC(=O)CN(C)[C@H](C)C(=O)Nc1ccc(S(=O)(=O)N2CCCC2)cc1. The number of carbonyl (C=O) groups is 2. The van der Waals surface area contributed by atoms with Gasteiger partial charge in [-0.25, -0.2) is 8.42 Å². The Kier molecular flexibility index (Phi) is 7.56. The molecule has 2 rings (SSSR count). The van der Waals surface area contributed by atoms with E-state index in [1.165, 1.54) is 16.4 Å². The molecule has 156 valence electrons. The third kappa shape index (κ3) is 5.76. The molecule has 2 N–H and O–H groups in total. The standard InChI is InChI=1S/C19H30N4O4S/c1-14(2)20-18(24)13-22(4)15(3)19(25)21-16-7-9-17(10-8-16)28(26,27)23-11-5-6-12-23/h7-10,14-15H,5-6,11-13H2,1-4H3,(H,20,24)(H,21,25)/t15-/m1/s1. The van der Waals surface area contributed by atoms with E-state index in [0.717, 1.165) is 12.8 Å². The van der Waals surface area contributed by atoms with Gasteiger partial charge in [0.15, 0.2) is 0 Å². The highest BCUT2D eigenvalue weighted by Crippen LogP contribution is 2.22. The molecule has 1 aromatic carbocycles. The van der Waals surface area contributed by atoms with Gasteiger partial charge in [0.2, 0.25) is 21.8 Å². The van der Waals surface area contributed by atoms with Crippen LogP contribution in [0.1, 0.15) is 33.6 Å². The Morgan fingerprint density at radius 2 is 1.68 bits per heavy atom. The first kappa shape index (κ1) is 22.3. The van der Waals surface area contributed by atoms with Gasteiger partial charge in [0.25, 0.3) is 0 Å². The third-order valence-corrected chi connectivity index (χ3v) is 6.62. The van der Waals surface area contributed by atoms with Crippen molar-refractivity contribution in [1.29, 1.82) is 0 Å². The van der Waals surface area contributed by atoms with Gasteiger partial charge in [0.05, 0.1) is 17.5 Å². The smallest absolute Gasteiger partial charge is 0.243 e. The van der Waals surface area contributed by atoms with Crippen molar-refractivity contribution >= 4 is 27.5 Å². The summed E-state index contributed by atoms with van der Waals surface area (Å²) < 4.78 is 26.6. The van der Waals surface area contributed by atoms with E-state index < -0.39 is 16.1 Å². The van der Waals surface area contributed by atoms with Gasteiger partial charge in [-0.05, 0) is 64.9 Å². The highest BCUT2D eigenvalue weighted by atomic mass is 32.2. The van der Waals surface area contributed by atoms with Crippen molar-refractivity contribution < 1.29 is 18.0 Å². The molecule has 8 nitrogen and oxygen atoms in total. The molecule has 0 bridgehead atoms. The summed E-state index contributed by atoms with van der Waals surface area (Å²) in [4.78, 5) is 26.2. The van der Waals surface area contributed by atoms with Crippen molar-refractivity contribution in [1.82, 2.24) is 14.5 Å². The molecule has 1 saturated heterocycles. The van der Waals surface area contributed by atoms with Crippen molar-refractivity contribution in [2.45, 2.75) is 50.6 Å². The summed E-state index contributed by atoms with van der Waals surface area (Å²) in [6, 6.07) is 5.70. The normalized spacial score (nSPS) is 16.4. The first-order valence-corrected chi connectivity index (χ1v) is 11.0. The van der Waals surface area contributed by atoms with Gasteiger partial charge in [0, 0.05) is 24.8 Å². The van der Waals surface area contributed by atoms with Crippen LogP contribution in [0.25, 0.3) is 0 Å². The highest BCUT2D eigenvalue weighted by molar-refractivity contribution is 7.89. The van der Waals surface area contributed by atoms with Crippen LogP contribution >= 0.6 is 0 Å². The Balaban J connectivity index is 1.95. The predicted molar refractivity (Wildman–Crippen MR) is 108 cm³/mol. The minimum Gasteiger partial charge on any atom is -0.353 e. The number of nitrogens with zero attached hydrogens (tertiary/aromatic N) is 2. The van der Waals surface area contributed by atoms with E-state index >= 15 is 0 Å². The third-order valence-electron chi connectivity index (χ3n) is 4.71. The van der Waals surface area contributed by atoms with Crippen molar-refractivity contribution in [3.05, 3.63) is 24.3 Å². The fourth-order valence-electron chi connectivity index (χ4n) is 2.97.